The summed E-state index contributed by atoms with van der Waals surface area (Å²) in [4.78, 5) is 4.59. The van der Waals surface area contributed by atoms with Gasteiger partial charge in [-0.2, -0.15) is 0 Å². The van der Waals surface area contributed by atoms with Gasteiger partial charge in [-0.3, -0.25) is 4.99 Å². The van der Waals surface area contributed by atoms with Gasteiger partial charge in [-0.1, -0.05) is 126 Å². The standard InChI is InChI=1S/C28H28Cl3NO/c29-27(30,31)21-32-26-18-10-11-22(19-26)20-33-28(23-12-4-1-5-13-23,24-14-6-2-7-15-24)25-16-8-3-9-17-25/h1-9,12-17,22H,10-11,18-21H2. The first-order chi connectivity index (χ1) is 16.0. The van der Waals surface area contributed by atoms with Gasteiger partial charge in [-0.25, -0.2) is 0 Å². The molecule has 0 amide bonds. The van der Waals surface area contributed by atoms with E-state index in [0.717, 1.165) is 48.1 Å². The van der Waals surface area contributed by atoms with Crippen LogP contribution in [0.3, 0.4) is 0 Å². The molecule has 0 radical (unpaired) electrons. The first-order valence-corrected chi connectivity index (χ1v) is 12.5. The highest BCUT2D eigenvalue weighted by molar-refractivity contribution is 6.67. The molecule has 1 unspecified atom stereocenters. The molecule has 172 valence electrons. The topological polar surface area (TPSA) is 21.6 Å². The molecule has 0 heterocycles. The van der Waals surface area contributed by atoms with Crippen molar-refractivity contribution in [3.8, 4) is 0 Å². The fraction of sp³-hybridized carbons (Fsp3) is 0.321. The van der Waals surface area contributed by atoms with Gasteiger partial charge < -0.3 is 4.74 Å². The molecule has 1 atom stereocenters. The molecule has 0 N–H and O–H groups in total. The fourth-order valence-corrected chi connectivity index (χ4v) is 4.81. The molecule has 0 aromatic heterocycles. The largest absolute Gasteiger partial charge is 0.361 e. The summed E-state index contributed by atoms with van der Waals surface area (Å²) in [5, 5.41) is 0. The minimum Gasteiger partial charge on any atom is -0.361 e. The summed E-state index contributed by atoms with van der Waals surface area (Å²) < 4.78 is 5.64. The monoisotopic (exact) mass is 499 g/mol. The van der Waals surface area contributed by atoms with Crippen LogP contribution in [-0.2, 0) is 10.3 Å². The van der Waals surface area contributed by atoms with Gasteiger partial charge in [0.05, 0.1) is 13.2 Å². The SMILES string of the molecule is ClC(Cl)(Cl)CN=C1CCCC(COC(c2ccccc2)(c2ccccc2)c2ccccc2)C1. The number of hydrogen-bond acceptors (Lipinski definition) is 2. The van der Waals surface area contributed by atoms with Gasteiger partial charge in [0.2, 0.25) is 3.79 Å². The van der Waals surface area contributed by atoms with E-state index in [4.69, 9.17) is 39.5 Å². The number of alkyl halides is 3. The molecule has 0 aliphatic heterocycles. The van der Waals surface area contributed by atoms with Crippen LogP contribution in [0.15, 0.2) is 96.0 Å². The second kappa shape index (κ2) is 11.1. The minimum atomic E-state index is -1.35. The van der Waals surface area contributed by atoms with Crippen molar-refractivity contribution >= 4 is 40.5 Å². The Morgan fingerprint density at radius 2 is 1.24 bits per heavy atom. The van der Waals surface area contributed by atoms with Crippen molar-refractivity contribution in [3.05, 3.63) is 108 Å². The maximum Gasteiger partial charge on any atom is 0.209 e. The number of hydrogen-bond donors (Lipinski definition) is 0. The maximum absolute atomic E-state index is 6.99. The van der Waals surface area contributed by atoms with Crippen LogP contribution in [0.1, 0.15) is 42.4 Å². The van der Waals surface area contributed by atoms with Crippen molar-refractivity contribution in [2.45, 2.75) is 35.1 Å². The second-order valence-corrected chi connectivity index (χ2v) is 11.1. The molecule has 33 heavy (non-hydrogen) atoms. The Balaban J connectivity index is 1.66. The second-order valence-electron chi connectivity index (χ2n) is 8.55. The predicted octanol–water partition coefficient (Wildman–Crippen LogP) is 8.00. The zero-order valence-electron chi connectivity index (χ0n) is 18.5. The summed E-state index contributed by atoms with van der Waals surface area (Å²) in [5.74, 6) is 0.364. The average Bonchev–Trinajstić information content (AvgIpc) is 2.85. The molecule has 1 fully saturated rings. The normalized spacial score (nSPS) is 18.4. The van der Waals surface area contributed by atoms with Crippen molar-refractivity contribution in [1.29, 1.82) is 0 Å². The lowest BCUT2D eigenvalue weighted by Crippen LogP contribution is -2.35. The van der Waals surface area contributed by atoms with E-state index in [1.807, 2.05) is 18.2 Å². The van der Waals surface area contributed by atoms with Crippen LogP contribution in [0.4, 0.5) is 0 Å². The van der Waals surface area contributed by atoms with Crippen LogP contribution in [0.5, 0.6) is 0 Å². The first-order valence-electron chi connectivity index (χ1n) is 11.4. The Bertz CT molecular complexity index is 936. The quantitative estimate of drug-likeness (QED) is 0.238. The van der Waals surface area contributed by atoms with Gasteiger partial charge in [0, 0.05) is 5.71 Å². The van der Waals surface area contributed by atoms with Crippen LogP contribution >= 0.6 is 34.8 Å². The Hall–Kier alpha value is -1.84. The van der Waals surface area contributed by atoms with Gasteiger partial charge in [0.25, 0.3) is 0 Å². The highest BCUT2D eigenvalue weighted by Gasteiger charge is 2.38. The number of ether oxygens (including phenoxy) is 1. The molecular weight excluding hydrogens is 473 g/mol. The summed E-state index contributed by atoms with van der Waals surface area (Å²) in [6.07, 6.45) is 4.00. The van der Waals surface area contributed by atoms with Gasteiger partial charge >= 0.3 is 0 Å². The Labute approximate surface area is 211 Å². The van der Waals surface area contributed by atoms with Crippen molar-refractivity contribution in [2.24, 2.45) is 10.9 Å². The number of nitrogens with zero attached hydrogens (tertiary/aromatic N) is 1. The van der Waals surface area contributed by atoms with Gasteiger partial charge in [-0.15, -0.1) is 0 Å². The number of rotatable bonds is 7. The third-order valence-electron chi connectivity index (χ3n) is 6.16. The van der Waals surface area contributed by atoms with E-state index in [9.17, 15) is 0 Å². The molecule has 3 aromatic rings. The van der Waals surface area contributed by atoms with E-state index in [1.165, 1.54) is 0 Å². The lowest BCUT2D eigenvalue weighted by molar-refractivity contribution is -0.00980. The third-order valence-corrected chi connectivity index (χ3v) is 6.52. The Morgan fingerprint density at radius 1 is 0.758 bits per heavy atom. The molecule has 1 aliphatic carbocycles. The molecule has 2 nitrogen and oxygen atoms in total. The summed E-state index contributed by atoms with van der Waals surface area (Å²) in [5.41, 5.74) is 3.76. The molecule has 0 bridgehead atoms. The summed E-state index contributed by atoms with van der Waals surface area (Å²) in [6, 6.07) is 31.4. The van der Waals surface area contributed by atoms with Crippen molar-refractivity contribution in [2.75, 3.05) is 13.2 Å². The van der Waals surface area contributed by atoms with Crippen molar-refractivity contribution in [3.63, 3.8) is 0 Å². The van der Waals surface area contributed by atoms with Gasteiger partial charge in [0.1, 0.15) is 5.60 Å². The fourth-order valence-electron chi connectivity index (χ4n) is 4.63. The Morgan fingerprint density at radius 3 is 1.70 bits per heavy atom. The number of halogens is 3. The maximum atomic E-state index is 6.99. The van der Waals surface area contributed by atoms with Crippen molar-refractivity contribution in [1.82, 2.24) is 0 Å². The smallest absolute Gasteiger partial charge is 0.209 e. The van der Waals surface area contributed by atoms with Crippen LogP contribution < -0.4 is 0 Å². The zero-order valence-corrected chi connectivity index (χ0v) is 20.7. The van der Waals surface area contributed by atoms with Crippen molar-refractivity contribution < 1.29 is 4.74 Å². The molecule has 1 saturated carbocycles. The van der Waals surface area contributed by atoms with E-state index < -0.39 is 9.39 Å². The molecule has 4 rings (SSSR count). The predicted molar refractivity (Wildman–Crippen MR) is 140 cm³/mol. The third kappa shape index (κ3) is 6.19. The van der Waals surface area contributed by atoms with Crippen LogP contribution in [0.25, 0.3) is 0 Å². The average molecular weight is 501 g/mol. The first kappa shape index (κ1) is 24.3. The van der Waals surface area contributed by atoms with E-state index in [0.29, 0.717) is 12.5 Å². The molecule has 0 spiro atoms. The molecule has 3 aromatic carbocycles. The molecular formula is C28H28Cl3NO. The molecule has 0 saturated heterocycles. The van der Waals surface area contributed by atoms with Crippen LogP contribution in [-0.4, -0.2) is 22.7 Å². The highest BCUT2D eigenvalue weighted by Crippen LogP contribution is 2.41. The lowest BCUT2D eigenvalue weighted by Gasteiger charge is -2.37. The van der Waals surface area contributed by atoms with Crippen LogP contribution in [0.2, 0.25) is 0 Å². The molecule has 5 heteroatoms. The van der Waals surface area contributed by atoms with E-state index in [-0.39, 0.29) is 6.54 Å². The highest BCUT2D eigenvalue weighted by atomic mass is 35.6. The van der Waals surface area contributed by atoms with E-state index in [1.54, 1.807) is 0 Å². The summed E-state index contributed by atoms with van der Waals surface area (Å²) in [6.45, 7) is 0.814. The molecule has 1 aliphatic rings. The lowest BCUT2D eigenvalue weighted by atomic mass is 9.79. The number of aliphatic imine (C=N–C) groups is 1. The van der Waals surface area contributed by atoms with Gasteiger partial charge in [0.15, 0.2) is 0 Å². The Kier molecular flexibility index (Phi) is 8.14. The van der Waals surface area contributed by atoms with E-state index >= 15 is 0 Å². The number of benzene rings is 3. The summed E-state index contributed by atoms with van der Waals surface area (Å²) >= 11 is 17.7. The minimum absolute atomic E-state index is 0.197. The van der Waals surface area contributed by atoms with Crippen LogP contribution in [0, 0.1) is 5.92 Å². The van der Waals surface area contributed by atoms with Gasteiger partial charge in [-0.05, 0) is 48.3 Å². The zero-order chi connectivity index (χ0) is 23.2. The van der Waals surface area contributed by atoms with E-state index in [2.05, 4.69) is 77.8 Å². The summed E-state index contributed by atoms with van der Waals surface area (Å²) in [7, 11) is 0.